The molecule has 1 rings (SSSR count). The number of rotatable bonds is 8. The predicted molar refractivity (Wildman–Crippen MR) is 79.7 cm³/mol. The summed E-state index contributed by atoms with van der Waals surface area (Å²) in [6.07, 6.45) is 2.23. The number of aliphatic carboxylic acids is 1. The van der Waals surface area contributed by atoms with E-state index in [1.54, 1.807) is 0 Å². The standard InChI is InChI=1S/C14H25NO5S/c1-14(2,5-3-13(17)18)6-7-15-12(16)9-11-4-8-21(19,20)10-11/h11H,3-10H2,1-2H3,(H,15,16)(H,17,18). The fourth-order valence-electron chi connectivity index (χ4n) is 2.48. The lowest BCUT2D eigenvalue weighted by molar-refractivity contribution is -0.137. The lowest BCUT2D eigenvalue weighted by atomic mass is 9.84. The maximum absolute atomic E-state index is 11.8. The number of hydrogen-bond donors (Lipinski definition) is 2. The number of hydrogen-bond acceptors (Lipinski definition) is 4. The Labute approximate surface area is 126 Å². The smallest absolute Gasteiger partial charge is 0.303 e. The van der Waals surface area contributed by atoms with Gasteiger partial charge in [-0.05, 0) is 30.6 Å². The summed E-state index contributed by atoms with van der Waals surface area (Å²) >= 11 is 0. The van der Waals surface area contributed by atoms with Gasteiger partial charge in [-0.2, -0.15) is 0 Å². The van der Waals surface area contributed by atoms with Crippen LogP contribution in [0.15, 0.2) is 0 Å². The summed E-state index contributed by atoms with van der Waals surface area (Å²) in [4.78, 5) is 22.3. The molecule has 0 aromatic carbocycles. The van der Waals surface area contributed by atoms with E-state index in [-0.39, 0.29) is 41.6 Å². The summed E-state index contributed by atoms with van der Waals surface area (Å²) in [5, 5.41) is 11.5. The van der Waals surface area contributed by atoms with Gasteiger partial charge in [0.25, 0.3) is 0 Å². The molecule has 1 heterocycles. The van der Waals surface area contributed by atoms with Crippen molar-refractivity contribution in [2.24, 2.45) is 11.3 Å². The number of carbonyl (C=O) groups excluding carboxylic acids is 1. The van der Waals surface area contributed by atoms with Gasteiger partial charge in [0.2, 0.25) is 5.91 Å². The molecule has 0 aliphatic carbocycles. The molecule has 1 unspecified atom stereocenters. The highest BCUT2D eigenvalue weighted by atomic mass is 32.2. The second-order valence-corrected chi connectivity index (χ2v) is 8.86. The van der Waals surface area contributed by atoms with Crippen LogP contribution >= 0.6 is 0 Å². The molecule has 1 saturated heterocycles. The topological polar surface area (TPSA) is 101 Å². The van der Waals surface area contributed by atoms with E-state index in [0.717, 1.165) is 0 Å². The molecule has 6 nitrogen and oxygen atoms in total. The minimum Gasteiger partial charge on any atom is -0.481 e. The van der Waals surface area contributed by atoms with Gasteiger partial charge >= 0.3 is 5.97 Å². The van der Waals surface area contributed by atoms with Crippen LogP contribution in [0.2, 0.25) is 0 Å². The average Bonchev–Trinajstić information content (AvgIpc) is 2.66. The Morgan fingerprint density at radius 2 is 1.95 bits per heavy atom. The van der Waals surface area contributed by atoms with Crippen molar-refractivity contribution >= 4 is 21.7 Å². The molecule has 0 spiro atoms. The number of sulfone groups is 1. The van der Waals surface area contributed by atoms with Crippen LogP contribution in [0.1, 0.15) is 46.0 Å². The molecule has 1 fully saturated rings. The zero-order valence-electron chi connectivity index (χ0n) is 12.7. The van der Waals surface area contributed by atoms with Crippen molar-refractivity contribution in [1.29, 1.82) is 0 Å². The number of carboxylic acids is 1. The molecule has 21 heavy (non-hydrogen) atoms. The summed E-state index contributed by atoms with van der Waals surface area (Å²) in [5.74, 6) is -0.687. The van der Waals surface area contributed by atoms with E-state index in [9.17, 15) is 18.0 Å². The third-order valence-corrected chi connectivity index (χ3v) is 5.78. The molecule has 0 aromatic rings. The van der Waals surface area contributed by atoms with Crippen LogP contribution in [0, 0.1) is 11.3 Å². The minimum atomic E-state index is -2.94. The normalized spacial score (nSPS) is 21.1. The highest BCUT2D eigenvalue weighted by molar-refractivity contribution is 7.91. The van der Waals surface area contributed by atoms with Crippen LogP contribution in [0.4, 0.5) is 0 Å². The van der Waals surface area contributed by atoms with E-state index in [1.165, 1.54) is 0 Å². The van der Waals surface area contributed by atoms with E-state index in [4.69, 9.17) is 5.11 Å². The zero-order valence-corrected chi connectivity index (χ0v) is 13.5. The second-order valence-electron chi connectivity index (χ2n) is 6.63. The molecule has 2 N–H and O–H groups in total. The van der Waals surface area contributed by atoms with Gasteiger partial charge in [0, 0.05) is 19.4 Å². The van der Waals surface area contributed by atoms with Crippen molar-refractivity contribution in [2.45, 2.75) is 46.0 Å². The van der Waals surface area contributed by atoms with Crippen molar-refractivity contribution in [3.63, 3.8) is 0 Å². The quantitative estimate of drug-likeness (QED) is 0.700. The Hall–Kier alpha value is -1.11. The van der Waals surface area contributed by atoms with Crippen molar-refractivity contribution in [1.82, 2.24) is 5.32 Å². The number of nitrogens with one attached hydrogen (secondary N) is 1. The summed E-state index contributed by atoms with van der Waals surface area (Å²) in [5.41, 5.74) is -0.137. The summed E-state index contributed by atoms with van der Waals surface area (Å²) < 4.78 is 22.6. The second kappa shape index (κ2) is 7.24. The van der Waals surface area contributed by atoms with Crippen LogP contribution in [0.3, 0.4) is 0 Å². The monoisotopic (exact) mass is 319 g/mol. The molecule has 1 aliphatic heterocycles. The first-order valence-electron chi connectivity index (χ1n) is 7.29. The van der Waals surface area contributed by atoms with Crippen molar-refractivity contribution < 1.29 is 23.1 Å². The SMILES string of the molecule is CC(C)(CCNC(=O)CC1CCS(=O)(=O)C1)CCC(=O)O. The maximum atomic E-state index is 11.8. The molecule has 0 saturated carbocycles. The lowest BCUT2D eigenvalue weighted by Gasteiger charge is -2.24. The molecule has 122 valence electrons. The fraction of sp³-hybridized carbons (Fsp3) is 0.857. The van der Waals surface area contributed by atoms with Crippen LogP contribution in [0.25, 0.3) is 0 Å². The fourth-order valence-corrected chi connectivity index (χ4v) is 4.34. The largest absolute Gasteiger partial charge is 0.481 e. The highest BCUT2D eigenvalue weighted by Gasteiger charge is 2.29. The molecule has 0 bridgehead atoms. The third-order valence-electron chi connectivity index (χ3n) is 3.94. The Morgan fingerprint density at radius 1 is 1.29 bits per heavy atom. The molecule has 7 heteroatoms. The van der Waals surface area contributed by atoms with E-state index >= 15 is 0 Å². The van der Waals surface area contributed by atoms with Crippen molar-refractivity contribution in [3.05, 3.63) is 0 Å². The van der Waals surface area contributed by atoms with Gasteiger partial charge in [-0.15, -0.1) is 0 Å². The molecule has 1 atom stereocenters. The summed E-state index contributed by atoms with van der Waals surface area (Å²) in [6, 6.07) is 0. The van der Waals surface area contributed by atoms with E-state index in [0.29, 0.717) is 25.8 Å². The van der Waals surface area contributed by atoms with Crippen molar-refractivity contribution in [3.8, 4) is 0 Å². The molecule has 0 aromatic heterocycles. The Kier molecular flexibility index (Phi) is 6.19. The molecule has 1 aliphatic rings. The van der Waals surface area contributed by atoms with Gasteiger partial charge in [0.05, 0.1) is 11.5 Å². The molecule has 1 amide bonds. The first kappa shape index (κ1) is 17.9. The summed E-state index contributed by atoms with van der Waals surface area (Å²) in [6.45, 7) is 4.45. The van der Waals surface area contributed by atoms with E-state index in [1.807, 2.05) is 13.8 Å². The summed E-state index contributed by atoms with van der Waals surface area (Å²) in [7, 11) is -2.94. The first-order valence-corrected chi connectivity index (χ1v) is 9.11. The Bertz CT molecular complexity index is 484. The zero-order chi connectivity index (χ0) is 16.1. The third kappa shape index (κ3) is 7.45. The minimum absolute atomic E-state index is 0.0602. The van der Waals surface area contributed by atoms with E-state index < -0.39 is 15.8 Å². The average molecular weight is 319 g/mol. The lowest BCUT2D eigenvalue weighted by Crippen LogP contribution is -2.30. The molecular weight excluding hydrogens is 294 g/mol. The predicted octanol–water partition coefficient (Wildman–Crippen LogP) is 1.21. The molecular formula is C14H25NO5S. The van der Waals surface area contributed by atoms with Crippen LogP contribution in [-0.2, 0) is 19.4 Å². The van der Waals surface area contributed by atoms with Gasteiger partial charge in [-0.3, -0.25) is 9.59 Å². The highest BCUT2D eigenvalue weighted by Crippen LogP contribution is 2.26. The van der Waals surface area contributed by atoms with Gasteiger partial charge in [0.15, 0.2) is 9.84 Å². The maximum Gasteiger partial charge on any atom is 0.303 e. The van der Waals surface area contributed by atoms with Crippen molar-refractivity contribution in [2.75, 3.05) is 18.1 Å². The first-order chi connectivity index (χ1) is 9.60. The number of carbonyl (C=O) groups is 2. The van der Waals surface area contributed by atoms with Crippen LogP contribution < -0.4 is 5.32 Å². The van der Waals surface area contributed by atoms with Gasteiger partial charge < -0.3 is 10.4 Å². The Morgan fingerprint density at radius 3 is 2.48 bits per heavy atom. The van der Waals surface area contributed by atoms with Crippen LogP contribution in [-0.4, -0.2) is 43.5 Å². The molecule has 0 radical (unpaired) electrons. The van der Waals surface area contributed by atoms with E-state index in [2.05, 4.69) is 5.32 Å². The Balaban J connectivity index is 2.23. The number of carboxylic acid groups (broad SMARTS) is 1. The van der Waals surface area contributed by atoms with Gasteiger partial charge in [-0.25, -0.2) is 8.42 Å². The van der Waals surface area contributed by atoms with Gasteiger partial charge in [0.1, 0.15) is 0 Å². The van der Waals surface area contributed by atoms with Gasteiger partial charge in [-0.1, -0.05) is 13.8 Å². The number of amides is 1. The van der Waals surface area contributed by atoms with Crippen LogP contribution in [0.5, 0.6) is 0 Å².